The van der Waals surface area contributed by atoms with Crippen LogP contribution in [0.5, 0.6) is 5.75 Å². The van der Waals surface area contributed by atoms with Crippen molar-refractivity contribution in [2.24, 2.45) is 0 Å². The zero-order valence-electron chi connectivity index (χ0n) is 16.2. The van der Waals surface area contributed by atoms with Crippen LogP contribution in [0, 0.1) is 0 Å². The number of H-pyrrole nitrogens is 1. The molecule has 0 aliphatic carbocycles. The average molecular weight is 368 g/mol. The molecular formula is C21H28N4O2. The molecule has 0 bridgehead atoms. The topological polar surface area (TPSA) is 70.2 Å². The molecule has 1 aromatic carbocycles. The summed E-state index contributed by atoms with van der Waals surface area (Å²) in [5, 5.41) is 11.0. The summed E-state index contributed by atoms with van der Waals surface area (Å²) in [4.78, 5) is 15.3. The minimum Gasteiger partial charge on any atom is -0.497 e. The average Bonchev–Trinajstić information content (AvgIpc) is 3.33. The van der Waals surface area contributed by atoms with Crippen molar-refractivity contribution in [3.8, 4) is 5.75 Å². The largest absolute Gasteiger partial charge is 0.497 e. The molecule has 0 spiro atoms. The predicted octanol–water partition coefficient (Wildman–Crippen LogP) is 2.90. The highest BCUT2D eigenvalue weighted by Gasteiger charge is 2.46. The van der Waals surface area contributed by atoms with Gasteiger partial charge >= 0.3 is 0 Å². The lowest BCUT2D eigenvalue weighted by molar-refractivity contribution is 0.0699. The standard InChI is InChI=1S/C21H28N4O2/c1-13(2)17-11-18(24-23-17)21(26)25-12-16(20-19(25)8-5-9-22-20)14-6-4-7-15(10-14)27-3/h4,6-7,10-11,13,16,19-20,22H,5,8-9,12H2,1-3H3,(H,23,24)/t16-,19-,20-/m1/s1. The second kappa shape index (κ2) is 7.35. The SMILES string of the molecule is COc1cccc([C@H]2CN(C(=O)c3cc(C(C)C)[nH]n3)[C@@H]3CCCN[C@H]23)c1. The van der Waals surface area contributed by atoms with Crippen molar-refractivity contribution in [1.82, 2.24) is 20.4 Å². The van der Waals surface area contributed by atoms with Crippen molar-refractivity contribution in [2.75, 3.05) is 20.2 Å². The number of amides is 1. The fourth-order valence-electron chi connectivity index (χ4n) is 4.42. The summed E-state index contributed by atoms with van der Waals surface area (Å²) in [6.07, 6.45) is 2.12. The molecule has 0 radical (unpaired) electrons. The first-order chi connectivity index (χ1) is 13.1. The molecular weight excluding hydrogens is 340 g/mol. The van der Waals surface area contributed by atoms with E-state index in [0.717, 1.165) is 30.8 Å². The maximum atomic E-state index is 13.2. The second-order valence-electron chi connectivity index (χ2n) is 7.89. The molecule has 4 rings (SSSR count). The molecule has 27 heavy (non-hydrogen) atoms. The van der Waals surface area contributed by atoms with E-state index < -0.39 is 0 Å². The van der Waals surface area contributed by atoms with Crippen LogP contribution < -0.4 is 10.1 Å². The molecule has 3 atom stereocenters. The van der Waals surface area contributed by atoms with Gasteiger partial charge in [-0.15, -0.1) is 0 Å². The van der Waals surface area contributed by atoms with Gasteiger partial charge in [-0.3, -0.25) is 9.89 Å². The van der Waals surface area contributed by atoms with E-state index in [1.54, 1.807) is 7.11 Å². The molecule has 2 N–H and O–H groups in total. The minimum absolute atomic E-state index is 0.0299. The number of hydrogen-bond donors (Lipinski definition) is 2. The van der Waals surface area contributed by atoms with Crippen molar-refractivity contribution in [1.29, 1.82) is 0 Å². The molecule has 6 heteroatoms. The Labute approximate surface area is 160 Å². The highest BCUT2D eigenvalue weighted by molar-refractivity contribution is 5.93. The summed E-state index contributed by atoms with van der Waals surface area (Å²) < 4.78 is 5.40. The Hall–Kier alpha value is -2.34. The number of ether oxygens (including phenoxy) is 1. The molecule has 0 unspecified atom stereocenters. The van der Waals surface area contributed by atoms with Crippen LogP contribution in [0.2, 0.25) is 0 Å². The van der Waals surface area contributed by atoms with E-state index in [4.69, 9.17) is 4.74 Å². The number of likely N-dealkylation sites (tertiary alicyclic amines) is 1. The van der Waals surface area contributed by atoms with Crippen molar-refractivity contribution in [3.05, 3.63) is 47.3 Å². The van der Waals surface area contributed by atoms with Gasteiger partial charge in [0.05, 0.1) is 7.11 Å². The van der Waals surface area contributed by atoms with Gasteiger partial charge in [0.15, 0.2) is 0 Å². The molecule has 2 saturated heterocycles. The third-order valence-corrected chi connectivity index (χ3v) is 5.92. The number of hydrogen-bond acceptors (Lipinski definition) is 4. The van der Waals surface area contributed by atoms with Gasteiger partial charge in [0, 0.05) is 30.2 Å². The van der Waals surface area contributed by atoms with Crippen LogP contribution in [0.15, 0.2) is 30.3 Å². The van der Waals surface area contributed by atoms with Crippen LogP contribution >= 0.6 is 0 Å². The number of methoxy groups -OCH3 is 1. The Kier molecular flexibility index (Phi) is 4.91. The number of rotatable bonds is 4. The first-order valence-electron chi connectivity index (χ1n) is 9.82. The van der Waals surface area contributed by atoms with Gasteiger partial charge in [-0.05, 0) is 49.1 Å². The first-order valence-corrected chi connectivity index (χ1v) is 9.82. The highest BCUT2D eigenvalue weighted by atomic mass is 16.5. The lowest BCUT2D eigenvalue weighted by atomic mass is 9.87. The van der Waals surface area contributed by atoms with E-state index >= 15 is 0 Å². The number of aromatic amines is 1. The summed E-state index contributed by atoms with van der Waals surface area (Å²) in [5.41, 5.74) is 2.74. The van der Waals surface area contributed by atoms with E-state index in [1.165, 1.54) is 5.56 Å². The Bertz CT molecular complexity index is 816. The Morgan fingerprint density at radius 1 is 1.33 bits per heavy atom. The molecule has 2 aliphatic heterocycles. The van der Waals surface area contributed by atoms with E-state index in [1.807, 2.05) is 23.1 Å². The smallest absolute Gasteiger partial charge is 0.274 e. The number of carbonyl (C=O) groups excluding carboxylic acids is 1. The second-order valence-corrected chi connectivity index (χ2v) is 7.89. The lowest BCUT2D eigenvalue weighted by Crippen LogP contribution is -2.49. The molecule has 2 aromatic rings. The Morgan fingerprint density at radius 2 is 2.19 bits per heavy atom. The molecule has 1 amide bonds. The van der Waals surface area contributed by atoms with Gasteiger partial charge in [0.25, 0.3) is 5.91 Å². The van der Waals surface area contributed by atoms with E-state index in [2.05, 4.69) is 41.5 Å². The molecule has 6 nitrogen and oxygen atoms in total. The monoisotopic (exact) mass is 368 g/mol. The van der Waals surface area contributed by atoms with E-state index in [0.29, 0.717) is 18.2 Å². The summed E-state index contributed by atoms with van der Waals surface area (Å²) in [7, 11) is 1.69. The van der Waals surface area contributed by atoms with Gasteiger partial charge < -0.3 is 15.0 Å². The maximum Gasteiger partial charge on any atom is 0.274 e. The number of fused-ring (bicyclic) bond motifs is 1. The third-order valence-electron chi connectivity index (χ3n) is 5.92. The molecule has 0 saturated carbocycles. The fourth-order valence-corrected chi connectivity index (χ4v) is 4.42. The van der Waals surface area contributed by atoms with Gasteiger partial charge in [-0.1, -0.05) is 26.0 Å². The zero-order chi connectivity index (χ0) is 19.0. The molecule has 1 aromatic heterocycles. The predicted molar refractivity (Wildman–Crippen MR) is 104 cm³/mol. The van der Waals surface area contributed by atoms with Crippen molar-refractivity contribution in [2.45, 2.75) is 50.6 Å². The summed E-state index contributed by atoms with van der Waals surface area (Å²) in [5.74, 6) is 1.48. The molecule has 2 aliphatic rings. The summed E-state index contributed by atoms with van der Waals surface area (Å²) in [6, 6.07) is 10.6. The minimum atomic E-state index is 0.0299. The number of piperidine rings is 1. The molecule has 2 fully saturated rings. The Morgan fingerprint density at radius 3 is 2.93 bits per heavy atom. The molecule has 144 valence electrons. The van der Waals surface area contributed by atoms with Crippen molar-refractivity contribution >= 4 is 5.91 Å². The van der Waals surface area contributed by atoms with Crippen LogP contribution in [0.25, 0.3) is 0 Å². The van der Waals surface area contributed by atoms with Gasteiger partial charge in [-0.25, -0.2) is 0 Å². The van der Waals surface area contributed by atoms with E-state index in [-0.39, 0.29) is 23.9 Å². The van der Waals surface area contributed by atoms with Gasteiger partial charge in [-0.2, -0.15) is 5.10 Å². The van der Waals surface area contributed by atoms with Crippen LogP contribution in [0.4, 0.5) is 0 Å². The van der Waals surface area contributed by atoms with Crippen molar-refractivity contribution < 1.29 is 9.53 Å². The number of nitrogens with zero attached hydrogens (tertiary/aromatic N) is 2. The number of aromatic nitrogens is 2. The Balaban J connectivity index is 1.62. The summed E-state index contributed by atoms with van der Waals surface area (Å²) >= 11 is 0. The number of carbonyl (C=O) groups is 1. The third kappa shape index (κ3) is 3.34. The van der Waals surface area contributed by atoms with Crippen LogP contribution in [0.3, 0.4) is 0 Å². The van der Waals surface area contributed by atoms with Crippen molar-refractivity contribution in [3.63, 3.8) is 0 Å². The van der Waals surface area contributed by atoms with Gasteiger partial charge in [0.2, 0.25) is 0 Å². The fraction of sp³-hybridized carbons (Fsp3) is 0.524. The number of nitrogens with one attached hydrogen (secondary N) is 2. The maximum absolute atomic E-state index is 13.2. The lowest BCUT2D eigenvalue weighted by Gasteiger charge is -2.33. The highest BCUT2D eigenvalue weighted by Crippen LogP contribution is 2.37. The van der Waals surface area contributed by atoms with Crippen LogP contribution in [0.1, 0.15) is 60.3 Å². The van der Waals surface area contributed by atoms with Gasteiger partial charge in [0.1, 0.15) is 11.4 Å². The van der Waals surface area contributed by atoms with Crippen LogP contribution in [-0.2, 0) is 0 Å². The summed E-state index contributed by atoms with van der Waals surface area (Å²) in [6.45, 7) is 5.90. The normalized spacial score (nSPS) is 24.9. The molecule has 3 heterocycles. The quantitative estimate of drug-likeness (QED) is 0.871. The van der Waals surface area contributed by atoms with Crippen LogP contribution in [-0.4, -0.2) is 53.3 Å². The zero-order valence-corrected chi connectivity index (χ0v) is 16.2. The first kappa shape index (κ1) is 18.0. The van der Waals surface area contributed by atoms with E-state index in [9.17, 15) is 4.79 Å². The number of benzene rings is 1.